The molecular weight excluding hydrogens is 286 g/mol. The molecule has 2 aromatic carbocycles. The first-order valence-corrected chi connectivity index (χ1v) is 7.47. The lowest BCUT2D eigenvalue weighted by Crippen LogP contribution is -2.25. The minimum Gasteiger partial charge on any atom is -0.352 e. The number of para-hydroxylation sites is 1. The Bertz CT molecular complexity index is 841. The normalized spacial score (nSPS) is 13.7. The van der Waals surface area contributed by atoms with Crippen LogP contribution in [-0.2, 0) is 0 Å². The van der Waals surface area contributed by atoms with E-state index < -0.39 is 0 Å². The lowest BCUT2D eigenvalue weighted by Gasteiger charge is -2.21. The van der Waals surface area contributed by atoms with E-state index in [2.05, 4.69) is 5.32 Å². The van der Waals surface area contributed by atoms with Crippen LogP contribution in [0, 0.1) is 0 Å². The van der Waals surface area contributed by atoms with Crippen molar-refractivity contribution in [3.8, 4) is 0 Å². The van der Waals surface area contributed by atoms with Gasteiger partial charge in [0.05, 0.1) is 11.3 Å². The molecule has 0 aromatic heterocycles. The van der Waals surface area contributed by atoms with Gasteiger partial charge in [0.1, 0.15) is 0 Å². The highest BCUT2D eigenvalue weighted by molar-refractivity contribution is 6.28. The van der Waals surface area contributed by atoms with Gasteiger partial charge in [0.25, 0.3) is 0 Å². The molecule has 0 atom stereocenters. The maximum atomic E-state index is 12.9. The number of rotatable bonds is 3. The van der Waals surface area contributed by atoms with Gasteiger partial charge in [-0.05, 0) is 26.0 Å². The third-order valence-electron chi connectivity index (χ3n) is 3.63. The summed E-state index contributed by atoms with van der Waals surface area (Å²) in [4.78, 5) is 25.7. The average molecular weight is 303 g/mol. The topological polar surface area (TPSA) is 46.2 Å². The minimum absolute atomic E-state index is 0.125. The van der Waals surface area contributed by atoms with Crippen LogP contribution in [0.1, 0.15) is 34.6 Å². The van der Waals surface area contributed by atoms with Crippen molar-refractivity contribution in [3.05, 3.63) is 88.6 Å². The lowest BCUT2D eigenvalue weighted by atomic mass is 9.86. The summed E-state index contributed by atoms with van der Waals surface area (Å²) in [5.41, 5.74) is 3.40. The van der Waals surface area contributed by atoms with E-state index in [0.717, 1.165) is 11.3 Å². The van der Waals surface area contributed by atoms with Gasteiger partial charge >= 0.3 is 0 Å². The molecule has 0 amide bonds. The smallest absolute Gasteiger partial charge is 0.210 e. The summed E-state index contributed by atoms with van der Waals surface area (Å²) in [6.07, 6.45) is 1.77. The number of nitrogens with one attached hydrogen (secondary N) is 1. The van der Waals surface area contributed by atoms with Gasteiger partial charge < -0.3 is 5.32 Å². The molecule has 114 valence electrons. The standard InChI is InChI=1S/C20H17NO2/c1-13(2)12-17-18(21-14-8-4-3-5-9-14)20(23)16-11-7-6-10-15(16)19(17)22/h3-12,21H,1-2H3. The fourth-order valence-electron chi connectivity index (χ4n) is 2.61. The second-order valence-corrected chi connectivity index (χ2v) is 5.71. The fourth-order valence-corrected chi connectivity index (χ4v) is 2.61. The van der Waals surface area contributed by atoms with Crippen molar-refractivity contribution >= 4 is 17.3 Å². The van der Waals surface area contributed by atoms with E-state index >= 15 is 0 Å². The van der Waals surface area contributed by atoms with E-state index in [1.165, 1.54) is 0 Å². The van der Waals surface area contributed by atoms with Crippen LogP contribution in [0.15, 0.2) is 77.5 Å². The van der Waals surface area contributed by atoms with Gasteiger partial charge in [0.15, 0.2) is 5.78 Å². The number of ketones is 2. The van der Waals surface area contributed by atoms with Crippen molar-refractivity contribution in [1.29, 1.82) is 0 Å². The first kappa shape index (κ1) is 15.0. The highest BCUT2D eigenvalue weighted by atomic mass is 16.1. The number of carbonyl (C=O) groups excluding carboxylic acids is 2. The van der Waals surface area contributed by atoms with Crippen LogP contribution in [0.25, 0.3) is 0 Å². The summed E-state index contributed by atoms with van der Waals surface area (Å²) < 4.78 is 0. The van der Waals surface area contributed by atoms with Crippen LogP contribution in [0.4, 0.5) is 5.69 Å². The van der Waals surface area contributed by atoms with Crippen molar-refractivity contribution < 1.29 is 9.59 Å². The third-order valence-corrected chi connectivity index (χ3v) is 3.63. The number of Topliss-reactive ketones (excluding diaryl/α,β-unsaturated/α-hetero) is 2. The van der Waals surface area contributed by atoms with Crippen LogP contribution in [0.3, 0.4) is 0 Å². The number of hydrogen-bond acceptors (Lipinski definition) is 3. The molecule has 0 spiro atoms. The maximum Gasteiger partial charge on any atom is 0.210 e. The molecule has 0 saturated carbocycles. The van der Waals surface area contributed by atoms with Gasteiger partial charge in [0, 0.05) is 16.8 Å². The van der Waals surface area contributed by atoms with Crippen molar-refractivity contribution in [2.24, 2.45) is 0 Å². The molecule has 0 radical (unpaired) electrons. The molecule has 0 fully saturated rings. The molecular formula is C20H17NO2. The molecule has 0 saturated heterocycles. The number of carbonyl (C=O) groups is 2. The van der Waals surface area contributed by atoms with E-state index in [9.17, 15) is 9.59 Å². The Balaban J connectivity index is 2.16. The molecule has 0 unspecified atom stereocenters. The van der Waals surface area contributed by atoms with Gasteiger partial charge in [-0.3, -0.25) is 9.59 Å². The Labute approximate surface area is 135 Å². The third kappa shape index (κ3) is 2.86. The summed E-state index contributed by atoms with van der Waals surface area (Å²) in [7, 11) is 0. The Morgan fingerprint density at radius 3 is 2.00 bits per heavy atom. The van der Waals surface area contributed by atoms with E-state index in [4.69, 9.17) is 0 Å². The molecule has 3 rings (SSSR count). The van der Waals surface area contributed by atoms with Gasteiger partial charge in [-0.2, -0.15) is 0 Å². The zero-order chi connectivity index (χ0) is 16.4. The van der Waals surface area contributed by atoms with Gasteiger partial charge in [-0.15, -0.1) is 0 Å². The monoisotopic (exact) mass is 303 g/mol. The lowest BCUT2D eigenvalue weighted by molar-refractivity contribution is 0.0978. The average Bonchev–Trinajstić information content (AvgIpc) is 2.56. The van der Waals surface area contributed by atoms with Crippen LogP contribution < -0.4 is 5.32 Å². The van der Waals surface area contributed by atoms with E-state index in [1.54, 1.807) is 30.3 Å². The number of benzene rings is 2. The van der Waals surface area contributed by atoms with Crippen molar-refractivity contribution in [3.63, 3.8) is 0 Å². The Hall–Kier alpha value is -2.94. The first-order valence-electron chi connectivity index (χ1n) is 7.47. The zero-order valence-electron chi connectivity index (χ0n) is 13.1. The van der Waals surface area contributed by atoms with Crippen molar-refractivity contribution in [2.45, 2.75) is 13.8 Å². The molecule has 0 heterocycles. The molecule has 3 heteroatoms. The van der Waals surface area contributed by atoms with Gasteiger partial charge in [-0.1, -0.05) is 54.1 Å². The second-order valence-electron chi connectivity index (χ2n) is 5.71. The predicted molar refractivity (Wildman–Crippen MR) is 91.6 cm³/mol. The van der Waals surface area contributed by atoms with Crippen LogP contribution in [0.5, 0.6) is 0 Å². The molecule has 0 aliphatic heterocycles. The molecule has 1 aliphatic carbocycles. The Morgan fingerprint density at radius 2 is 1.39 bits per heavy atom. The summed E-state index contributed by atoms with van der Waals surface area (Å²) in [6.45, 7) is 3.82. The predicted octanol–water partition coefficient (Wildman–Crippen LogP) is 4.40. The highest BCUT2D eigenvalue weighted by Crippen LogP contribution is 2.28. The van der Waals surface area contributed by atoms with Crippen LogP contribution >= 0.6 is 0 Å². The molecule has 23 heavy (non-hydrogen) atoms. The molecule has 0 bridgehead atoms. The molecule has 1 aliphatic rings. The zero-order valence-corrected chi connectivity index (χ0v) is 13.1. The largest absolute Gasteiger partial charge is 0.352 e. The number of allylic oxidation sites excluding steroid dienone is 4. The fraction of sp³-hybridized carbons (Fsp3) is 0.100. The van der Waals surface area contributed by atoms with Gasteiger partial charge in [-0.25, -0.2) is 0 Å². The SMILES string of the molecule is CC(C)=CC1=C(Nc2ccccc2)C(=O)c2ccccc2C1=O. The summed E-state index contributed by atoms with van der Waals surface area (Å²) in [5.74, 6) is -0.281. The molecule has 2 aromatic rings. The molecule has 3 nitrogen and oxygen atoms in total. The number of anilines is 1. The van der Waals surface area contributed by atoms with E-state index in [0.29, 0.717) is 22.4 Å². The number of fused-ring (bicyclic) bond motifs is 1. The summed E-state index contributed by atoms with van der Waals surface area (Å²) in [5, 5.41) is 3.12. The van der Waals surface area contributed by atoms with E-state index in [-0.39, 0.29) is 11.6 Å². The van der Waals surface area contributed by atoms with Crippen molar-refractivity contribution in [1.82, 2.24) is 0 Å². The quantitative estimate of drug-likeness (QED) is 0.914. The maximum absolute atomic E-state index is 12.9. The van der Waals surface area contributed by atoms with Crippen LogP contribution in [0.2, 0.25) is 0 Å². The van der Waals surface area contributed by atoms with Crippen molar-refractivity contribution in [2.75, 3.05) is 5.32 Å². The van der Waals surface area contributed by atoms with Gasteiger partial charge in [0.2, 0.25) is 5.78 Å². The number of hydrogen-bond donors (Lipinski definition) is 1. The summed E-state index contributed by atoms with van der Waals surface area (Å²) >= 11 is 0. The first-order chi connectivity index (χ1) is 11.1. The minimum atomic E-state index is -0.156. The van der Waals surface area contributed by atoms with E-state index in [1.807, 2.05) is 44.2 Å². The Morgan fingerprint density at radius 1 is 0.826 bits per heavy atom. The highest BCUT2D eigenvalue weighted by Gasteiger charge is 2.30. The second kappa shape index (κ2) is 6.05. The molecule has 1 N–H and O–H groups in total. The Kier molecular flexibility index (Phi) is 3.94. The summed E-state index contributed by atoms with van der Waals surface area (Å²) in [6, 6.07) is 16.3. The van der Waals surface area contributed by atoms with Crippen LogP contribution in [-0.4, -0.2) is 11.6 Å².